The zero-order chi connectivity index (χ0) is 16.2. The number of hydrogen-bond acceptors (Lipinski definition) is 3. The topological polar surface area (TPSA) is 39.9 Å². The van der Waals surface area contributed by atoms with Gasteiger partial charge in [0.15, 0.2) is 5.82 Å². The molecule has 0 aliphatic heterocycles. The normalized spacial score (nSPS) is 10.7. The predicted octanol–water partition coefficient (Wildman–Crippen LogP) is 4.68. The van der Waals surface area contributed by atoms with Crippen LogP contribution in [-0.2, 0) is 0 Å². The van der Waals surface area contributed by atoms with Gasteiger partial charge >= 0.3 is 0 Å². The summed E-state index contributed by atoms with van der Waals surface area (Å²) in [7, 11) is 0. The number of nitrogens with zero attached hydrogens (tertiary/aromatic N) is 3. The van der Waals surface area contributed by atoms with Crippen molar-refractivity contribution in [1.82, 2.24) is 14.8 Å². The number of ether oxygens (including phenoxy) is 1. The molecule has 1 aromatic heterocycles. The van der Waals surface area contributed by atoms with Gasteiger partial charge in [0.2, 0.25) is 0 Å². The summed E-state index contributed by atoms with van der Waals surface area (Å²) in [6, 6.07) is 15.6. The molecule has 5 heteroatoms. The van der Waals surface area contributed by atoms with Gasteiger partial charge in [0.25, 0.3) is 0 Å². The molecule has 0 radical (unpaired) electrons. The average Bonchev–Trinajstić information content (AvgIpc) is 2.96. The first-order chi connectivity index (χ1) is 11.2. The van der Waals surface area contributed by atoms with Crippen LogP contribution < -0.4 is 4.74 Å². The fourth-order valence-corrected chi connectivity index (χ4v) is 2.49. The largest absolute Gasteiger partial charge is 0.494 e. The third-order valence-electron chi connectivity index (χ3n) is 3.50. The van der Waals surface area contributed by atoms with Gasteiger partial charge in [-0.25, -0.2) is 0 Å². The molecule has 4 nitrogen and oxygen atoms in total. The van der Waals surface area contributed by atoms with Gasteiger partial charge in [-0.15, -0.1) is 10.2 Å². The Kier molecular flexibility index (Phi) is 4.63. The zero-order valence-electron chi connectivity index (χ0n) is 13.2. The summed E-state index contributed by atoms with van der Waals surface area (Å²) in [5.74, 6) is 2.49. The highest BCUT2D eigenvalue weighted by Crippen LogP contribution is 2.25. The van der Waals surface area contributed by atoms with Gasteiger partial charge in [-0.3, -0.25) is 4.57 Å². The van der Waals surface area contributed by atoms with E-state index in [1.165, 1.54) is 0 Å². The van der Waals surface area contributed by atoms with Crippen LogP contribution in [0, 0.1) is 6.92 Å². The molecule has 118 valence electrons. The lowest BCUT2D eigenvalue weighted by Crippen LogP contribution is -2.00. The molecule has 0 bridgehead atoms. The van der Waals surface area contributed by atoms with Gasteiger partial charge in [-0.2, -0.15) is 0 Å². The summed E-state index contributed by atoms with van der Waals surface area (Å²) in [5.41, 5.74) is 1.97. The second kappa shape index (κ2) is 6.84. The number of halogens is 1. The average molecular weight is 328 g/mol. The van der Waals surface area contributed by atoms with E-state index in [2.05, 4.69) is 17.1 Å². The second-order valence-corrected chi connectivity index (χ2v) is 5.69. The van der Waals surface area contributed by atoms with Gasteiger partial charge in [0.05, 0.1) is 6.61 Å². The molecule has 0 spiro atoms. The maximum atomic E-state index is 5.97. The van der Waals surface area contributed by atoms with Gasteiger partial charge in [0.1, 0.15) is 11.6 Å². The Morgan fingerprint density at radius 2 is 1.70 bits per heavy atom. The Labute approximate surface area is 140 Å². The Morgan fingerprint density at radius 3 is 2.35 bits per heavy atom. The van der Waals surface area contributed by atoms with Crippen LogP contribution in [0.4, 0.5) is 0 Å². The lowest BCUT2D eigenvalue weighted by Gasteiger charge is -2.10. The van der Waals surface area contributed by atoms with Crippen molar-refractivity contribution in [1.29, 1.82) is 0 Å². The molecule has 0 unspecified atom stereocenters. The molecule has 1 heterocycles. The Morgan fingerprint density at radius 1 is 1.00 bits per heavy atom. The maximum Gasteiger partial charge on any atom is 0.168 e. The van der Waals surface area contributed by atoms with E-state index in [9.17, 15) is 0 Å². The highest BCUT2D eigenvalue weighted by atomic mass is 35.5. The highest BCUT2D eigenvalue weighted by molar-refractivity contribution is 6.30. The Bertz CT molecular complexity index is 779. The minimum Gasteiger partial charge on any atom is -0.494 e. The van der Waals surface area contributed by atoms with Crippen molar-refractivity contribution < 1.29 is 4.74 Å². The molecule has 0 aliphatic rings. The fraction of sp³-hybridized carbons (Fsp3) is 0.222. The van der Waals surface area contributed by atoms with E-state index >= 15 is 0 Å². The molecule has 3 aromatic rings. The SMILES string of the molecule is CCCOc1ccc(-c2nnc(C)n2-c2ccc(Cl)cc2)cc1. The first-order valence-electron chi connectivity index (χ1n) is 7.60. The van der Waals surface area contributed by atoms with Crippen molar-refractivity contribution in [3.8, 4) is 22.8 Å². The van der Waals surface area contributed by atoms with Crippen LogP contribution in [0.3, 0.4) is 0 Å². The molecule has 0 saturated carbocycles. The molecule has 2 aromatic carbocycles. The number of aromatic nitrogens is 3. The summed E-state index contributed by atoms with van der Waals surface area (Å²) in [4.78, 5) is 0. The van der Waals surface area contributed by atoms with Crippen LogP contribution in [0.1, 0.15) is 19.2 Å². The second-order valence-electron chi connectivity index (χ2n) is 5.26. The van der Waals surface area contributed by atoms with E-state index in [1.807, 2.05) is 60.0 Å². The smallest absolute Gasteiger partial charge is 0.168 e. The molecule has 0 amide bonds. The minimum atomic E-state index is 0.707. The summed E-state index contributed by atoms with van der Waals surface area (Å²) in [5, 5.41) is 9.24. The van der Waals surface area contributed by atoms with Gasteiger partial charge in [-0.1, -0.05) is 18.5 Å². The Balaban J connectivity index is 1.96. The maximum absolute atomic E-state index is 5.97. The van der Waals surface area contributed by atoms with Crippen LogP contribution in [0.25, 0.3) is 17.1 Å². The number of aryl methyl sites for hydroxylation is 1. The van der Waals surface area contributed by atoms with E-state index in [1.54, 1.807) is 0 Å². The number of rotatable bonds is 5. The van der Waals surface area contributed by atoms with E-state index in [0.717, 1.165) is 41.7 Å². The number of hydrogen-bond donors (Lipinski definition) is 0. The van der Waals surface area contributed by atoms with Crippen LogP contribution in [0.15, 0.2) is 48.5 Å². The third-order valence-corrected chi connectivity index (χ3v) is 3.75. The predicted molar refractivity (Wildman–Crippen MR) is 92.3 cm³/mol. The minimum absolute atomic E-state index is 0.707. The molecule has 0 atom stereocenters. The standard InChI is InChI=1S/C18H18ClN3O/c1-3-12-23-17-10-4-14(5-11-17)18-21-20-13(2)22(18)16-8-6-15(19)7-9-16/h4-11H,3,12H2,1-2H3. The van der Waals surface area contributed by atoms with Crippen molar-refractivity contribution in [3.63, 3.8) is 0 Å². The third kappa shape index (κ3) is 3.37. The van der Waals surface area contributed by atoms with Crippen LogP contribution in [0.2, 0.25) is 5.02 Å². The molecule has 3 rings (SSSR count). The first kappa shape index (κ1) is 15.6. The van der Waals surface area contributed by atoms with E-state index in [0.29, 0.717) is 5.02 Å². The quantitative estimate of drug-likeness (QED) is 0.682. The summed E-state index contributed by atoms with van der Waals surface area (Å²) in [6.07, 6.45) is 0.992. The molecule has 0 fully saturated rings. The summed E-state index contributed by atoms with van der Waals surface area (Å²) >= 11 is 5.97. The van der Waals surface area contributed by atoms with E-state index in [-0.39, 0.29) is 0 Å². The first-order valence-corrected chi connectivity index (χ1v) is 7.98. The monoisotopic (exact) mass is 327 g/mol. The van der Waals surface area contributed by atoms with Crippen LogP contribution >= 0.6 is 11.6 Å². The van der Waals surface area contributed by atoms with Crippen LogP contribution in [-0.4, -0.2) is 21.4 Å². The molecular weight excluding hydrogens is 310 g/mol. The van der Waals surface area contributed by atoms with Gasteiger partial charge < -0.3 is 4.74 Å². The molecule has 0 N–H and O–H groups in total. The Hall–Kier alpha value is -2.33. The molecule has 0 aliphatic carbocycles. The van der Waals surface area contributed by atoms with Crippen molar-refractivity contribution >= 4 is 11.6 Å². The molecule has 0 saturated heterocycles. The van der Waals surface area contributed by atoms with Crippen LogP contribution in [0.5, 0.6) is 5.75 Å². The molecule has 23 heavy (non-hydrogen) atoms. The van der Waals surface area contributed by atoms with Crippen molar-refractivity contribution in [2.24, 2.45) is 0 Å². The molecular formula is C18H18ClN3O. The number of benzene rings is 2. The lowest BCUT2D eigenvalue weighted by atomic mass is 10.2. The highest BCUT2D eigenvalue weighted by Gasteiger charge is 2.13. The summed E-state index contributed by atoms with van der Waals surface area (Å²) < 4.78 is 7.63. The van der Waals surface area contributed by atoms with Gasteiger partial charge in [0, 0.05) is 16.3 Å². The van der Waals surface area contributed by atoms with Crippen molar-refractivity contribution in [3.05, 3.63) is 59.4 Å². The van der Waals surface area contributed by atoms with Crippen molar-refractivity contribution in [2.45, 2.75) is 20.3 Å². The van der Waals surface area contributed by atoms with Gasteiger partial charge in [-0.05, 0) is 61.9 Å². The fourth-order valence-electron chi connectivity index (χ4n) is 2.37. The summed E-state index contributed by atoms with van der Waals surface area (Å²) in [6.45, 7) is 4.75. The zero-order valence-corrected chi connectivity index (χ0v) is 13.9. The van der Waals surface area contributed by atoms with Crippen molar-refractivity contribution in [2.75, 3.05) is 6.61 Å². The van der Waals surface area contributed by atoms with E-state index < -0.39 is 0 Å². The van der Waals surface area contributed by atoms with E-state index in [4.69, 9.17) is 16.3 Å². The lowest BCUT2D eigenvalue weighted by molar-refractivity contribution is 0.317.